The summed E-state index contributed by atoms with van der Waals surface area (Å²) in [6, 6.07) is 12.1. The summed E-state index contributed by atoms with van der Waals surface area (Å²) in [5.41, 5.74) is -0.452. The van der Waals surface area contributed by atoms with Crippen molar-refractivity contribution in [3.63, 3.8) is 0 Å². The zero-order valence-electron chi connectivity index (χ0n) is 10.7. The van der Waals surface area contributed by atoms with Gasteiger partial charge in [0.2, 0.25) is 0 Å². The van der Waals surface area contributed by atoms with Gasteiger partial charge >= 0.3 is 5.63 Å². The van der Waals surface area contributed by atoms with Crippen LogP contribution in [0.15, 0.2) is 57.7 Å². The summed E-state index contributed by atoms with van der Waals surface area (Å²) in [7, 11) is 0. The number of hydrogen-bond donors (Lipinski definition) is 2. The maximum absolute atomic E-state index is 12.3. The molecule has 1 aromatic heterocycles. The molecule has 2 N–H and O–H groups in total. The molecule has 5 nitrogen and oxygen atoms in total. The van der Waals surface area contributed by atoms with E-state index in [4.69, 9.17) is 4.42 Å². The van der Waals surface area contributed by atoms with Crippen molar-refractivity contribution >= 4 is 16.8 Å². The molecule has 0 aliphatic heterocycles. The molecule has 0 radical (unpaired) electrons. The van der Waals surface area contributed by atoms with Gasteiger partial charge in [0.15, 0.2) is 17.3 Å². The van der Waals surface area contributed by atoms with Crippen molar-refractivity contribution in [1.82, 2.24) is 0 Å². The topological polar surface area (TPSA) is 87.7 Å². The van der Waals surface area contributed by atoms with Crippen LogP contribution in [0.2, 0.25) is 0 Å². The van der Waals surface area contributed by atoms with Gasteiger partial charge in [0.1, 0.15) is 11.1 Å². The zero-order valence-corrected chi connectivity index (χ0v) is 10.7. The quantitative estimate of drug-likeness (QED) is 0.428. The number of fused-ring (bicyclic) bond motifs is 1. The predicted octanol–water partition coefficient (Wildman–Crippen LogP) is 2.44. The summed E-state index contributed by atoms with van der Waals surface area (Å²) in [4.78, 5) is 24.2. The summed E-state index contributed by atoms with van der Waals surface area (Å²) in [5.74, 6) is -1.21. The lowest BCUT2D eigenvalue weighted by Gasteiger charge is -2.03. The van der Waals surface area contributed by atoms with Crippen molar-refractivity contribution in [2.75, 3.05) is 0 Å². The molecule has 0 saturated heterocycles. The summed E-state index contributed by atoms with van der Waals surface area (Å²) in [6.45, 7) is 0. The van der Waals surface area contributed by atoms with Crippen LogP contribution in [0, 0.1) is 0 Å². The smallest absolute Gasteiger partial charge is 0.347 e. The fraction of sp³-hybridized carbons (Fsp3) is 0. The standard InChI is InChI=1S/C16H10O5/c17-12-7-10-6-11(15(19)9-4-2-1-3-5-9)16(20)21-14(10)8-13(12)18/h1-8,17-18H. The van der Waals surface area contributed by atoms with Crippen LogP contribution in [-0.2, 0) is 0 Å². The molecule has 5 heteroatoms. The minimum absolute atomic E-state index is 0.0971. The lowest BCUT2D eigenvalue weighted by atomic mass is 10.0. The molecule has 2 aromatic carbocycles. The minimum Gasteiger partial charge on any atom is -0.504 e. The third-order valence-electron chi connectivity index (χ3n) is 3.11. The number of phenolic OH excluding ortho intramolecular Hbond substituents is 2. The second-order valence-corrected chi connectivity index (χ2v) is 4.52. The van der Waals surface area contributed by atoms with Gasteiger partial charge in [-0.2, -0.15) is 0 Å². The van der Waals surface area contributed by atoms with Gasteiger partial charge in [-0.25, -0.2) is 4.79 Å². The van der Waals surface area contributed by atoms with Gasteiger partial charge in [0.25, 0.3) is 0 Å². The lowest BCUT2D eigenvalue weighted by molar-refractivity contribution is 0.103. The molecular formula is C16H10O5. The van der Waals surface area contributed by atoms with Crippen LogP contribution in [0.25, 0.3) is 11.0 Å². The van der Waals surface area contributed by atoms with E-state index in [1.54, 1.807) is 30.3 Å². The Morgan fingerprint density at radius 3 is 2.33 bits per heavy atom. The Morgan fingerprint density at radius 1 is 0.952 bits per heavy atom. The van der Waals surface area contributed by atoms with Crippen LogP contribution in [0.4, 0.5) is 0 Å². The van der Waals surface area contributed by atoms with Crippen LogP contribution >= 0.6 is 0 Å². The number of benzene rings is 2. The van der Waals surface area contributed by atoms with E-state index in [0.29, 0.717) is 10.9 Å². The number of phenols is 2. The van der Waals surface area contributed by atoms with Gasteiger partial charge < -0.3 is 14.6 Å². The van der Waals surface area contributed by atoms with Crippen LogP contribution in [0.1, 0.15) is 15.9 Å². The Morgan fingerprint density at radius 2 is 1.62 bits per heavy atom. The molecule has 3 aromatic rings. The molecule has 0 spiro atoms. The number of ketones is 1. The van der Waals surface area contributed by atoms with Crippen LogP contribution in [0.5, 0.6) is 11.5 Å². The fourth-order valence-electron chi connectivity index (χ4n) is 2.05. The maximum Gasteiger partial charge on any atom is 0.347 e. The van der Waals surface area contributed by atoms with Crippen molar-refractivity contribution in [1.29, 1.82) is 0 Å². The Balaban J connectivity index is 2.20. The van der Waals surface area contributed by atoms with E-state index in [1.165, 1.54) is 12.1 Å². The van der Waals surface area contributed by atoms with Gasteiger partial charge in [-0.05, 0) is 12.1 Å². The monoisotopic (exact) mass is 282 g/mol. The SMILES string of the molecule is O=C(c1ccccc1)c1cc2cc(O)c(O)cc2oc1=O. The molecule has 0 aliphatic carbocycles. The lowest BCUT2D eigenvalue weighted by Crippen LogP contribution is -2.14. The highest BCUT2D eigenvalue weighted by Gasteiger charge is 2.16. The normalized spacial score (nSPS) is 10.7. The van der Waals surface area contributed by atoms with Crippen LogP contribution < -0.4 is 5.63 Å². The average molecular weight is 282 g/mol. The van der Waals surface area contributed by atoms with Gasteiger partial charge in [-0.15, -0.1) is 0 Å². The fourth-order valence-corrected chi connectivity index (χ4v) is 2.05. The molecule has 3 rings (SSSR count). The van der Waals surface area contributed by atoms with Crippen molar-refractivity contribution in [2.24, 2.45) is 0 Å². The first-order chi connectivity index (χ1) is 10.1. The highest BCUT2D eigenvalue weighted by Crippen LogP contribution is 2.29. The molecule has 0 saturated carbocycles. The Hall–Kier alpha value is -3.08. The predicted molar refractivity (Wildman–Crippen MR) is 75.7 cm³/mol. The molecular weight excluding hydrogens is 272 g/mol. The Labute approximate surface area is 118 Å². The highest BCUT2D eigenvalue weighted by molar-refractivity contribution is 6.09. The summed E-state index contributed by atoms with van der Waals surface area (Å²) in [6.07, 6.45) is 0. The molecule has 0 fully saturated rings. The Kier molecular flexibility index (Phi) is 2.95. The number of carbonyl (C=O) groups excluding carboxylic acids is 1. The summed E-state index contributed by atoms with van der Waals surface area (Å²) in [5, 5.41) is 19.2. The van der Waals surface area contributed by atoms with Gasteiger partial charge in [0.05, 0.1) is 0 Å². The molecule has 0 atom stereocenters. The molecule has 104 valence electrons. The highest BCUT2D eigenvalue weighted by atomic mass is 16.4. The molecule has 0 bridgehead atoms. The van der Waals surface area contributed by atoms with Crippen LogP contribution in [-0.4, -0.2) is 16.0 Å². The third-order valence-corrected chi connectivity index (χ3v) is 3.11. The van der Waals surface area contributed by atoms with Crippen LogP contribution in [0.3, 0.4) is 0 Å². The van der Waals surface area contributed by atoms with E-state index in [2.05, 4.69) is 0 Å². The van der Waals surface area contributed by atoms with E-state index in [9.17, 15) is 19.8 Å². The van der Waals surface area contributed by atoms with Crippen molar-refractivity contribution in [3.8, 4) is 11.5 Å². The first kappa shape index (κ1) is 12.9. The largest absolute Gasteiger partial charge is 0.504 e. The summed E-state index contributed by atoms with van der Waals surface area (Å²) >= 11 is 0. The molecule has 0 amide bonds. The number of aromatic hydroxyl groups is 2. The first-order valence-electron chi connectivity index (χ1n) is 6.16. The number of hydrogen-bond acceptors (Lipinski definition) is 5. The second kappa shape index (κ2) is 4.79. The van der Waals surface area contributed by atoms with Gasteiger partial charge in [0, 0.05) is 17.0 Å². The van der Waals surface area contributed by atoms with Crippen molar-refractivity contribution < 1.29 is 19.4 Å². The summed E-state index contributed by atoms with van der Waals surface area (Å²) < 4.78 is 5.02. The molecule has 1 heterocycles. The third kappa shape index (κ3) is 2.25. The average Bonchev–Trinajstić information content (AvgIpc) is 2.49. The van der Waals surface area contributed by atoms with E-state index in [1.807, 2.05) is 0 Å². The van der Waals surface area contributed by atoms with Gasteiger partial charge in [-0.3, -0.25) is 4.79 Å². The van der Waals surface area contributed by atoms with E-state index in [0.717, 1.165) is 6.07 Å². The first-order valence-corrected chi connectivity index (χ1v) is 6.16. The van der Waals surface area contributed by atoms with Crippen molar-refractivity contribution in [3.05, 3.63) is 70.1 Å². The zero-order chi connectivity index (χ0) is 15.0. The van der Waals surface area contributed by atoms with E-state index in [-0.39, 0.29) is 16.9 Å². The van der Waals surface area contributed by atoms with Crippen molar-refractivity contribution in [2.45, 2.75) is 0 Å². The maximum atomic E-state index is 12.3. The number of rotatable bonds is 2. The Bertz CT molecular complexity index is 894. The number of carbonyl (C=O) groups is 1. The van der Waals surface area contributed by atoms with Gasteiger partial charge in [-0.1, -0.05) is 30.3 Å². The molecule has 0 unspecified atom stereocenters. The van der Waals surface area contributed by atoms with E-state index < -0.39 is 17.2 Å². The molecule has 21 heavy (non-hydrogen) atoms. The second-order valence-electron chi connectivity index (χ2n) is 4.52. The van der Waals surface area contributed by atoms with E-state index >= 15 is 0 Å². The molecule has 0 aliphatic rings. The minimum atomic E-state index is -0.790.